The van der Waals surface area contributed by atoms with Crippen molar-refractivity contribution in [3.05, 3.63) is 11.8 Å². The van der Waals surface area contributed by atoms with Gasteiger partial charge in [0.1, 0.15) is 11.9 Å². The second kappa shape index (κ2) is 6.28. The van der Waals surface area contributed by atoms with Crippen molar-refractivity contribution in [2.45, 2.75) is 50.9 Å². The van der Waals surface area contributed by atoms with Crippen molar-refractivity contribution >= 4 is 17.7 Å². The Labute approximate surface area is 150 Å². The Hall–Kier alpha value is -2.06. The summed E-state index contributed by atoms with van der Waals surface area (Å²) in [5, 5.41) is 0. The van der Waals surface area contributed by atoms with Gasteiger partial charge in [0.15, 0.2) is 5.69 Å². The lowest BCUT2D eigenvalue weighted by Crippen LogP contribution is -2.59. The van der Waals surface area contributed by atoms with Crippen LogP contribution in [0.2, 0.25) is 0 Å². The number of anilines is 2. The van der Waals surface area contributed by atoms with Crippen LogP contribution in [0.15, 0.2) is 6.07 Å². The van der Waals surface area contributed by atoms with Crippen LogP contribution in [0.25, 0.3) is 0 Å². The Morgan fingerprint density at radius 1 is 1.08 bits per heavy atom. The van der Waals surface area contributed by atoms with Crippen LogP contribution >= 0.6 is 0 Å². The van der Waals surface area contributed by atoms with Gasteiger partial charge in [0.25, 0.3) is 0 Å². The van der Waals surface area contributed by atoms with E-state index in [0.29, 0.717) is 19.6 Å². The Morgan fingerprint density at radius 3 is 2.50 bits per heavy atom. The van der Waals surface area contributed by atoms with Crippen molar-refractivity contribution in [2.75, 3.05) is 36.0 Å². The molecule has 2 unspecified atom stereocenters. The molecule has 0 N–H and O–H groups in total. The molecule has 3 saturated heterocycles. The van der Waals surface area contributed by atoms with E-state index in [9.17, 15) is 18.0 Å². The number of piperazine rings is 1. The number of rotatable bonds is 2. The fourth-order valence-electron chi connectivity index (χ4n) is 4.14. The molecule has 1 aromatic heterocycles. The van der Waals surface area contributed by atoms with Crippen molar-refractivity contribution in [1.29, 1.82) is 0 Å². The van der Waals surface area contributed by atoms with Gasteiger partial charge in [-0.3, -0.25) is 4.79 Å². The van der Waals surface area contributed by atoms with E-state index in [1.54, 1.807) is 16.7 Å². The molecule has 1 amide bonds. The maximum absolute atomic E-state index is 13.4. The summed E-state index contributed by atoms with van der Waals surface area (Å²) in [5.41, 5.74) is -0.946. The minimum atomic E-state index is -4.55. The summed E-state index contributed by atoms with van der Waals surface area (Å²) in [7, 11) is 0. The maximum atomic E-state index is 13.4. The summed E-state index contributed by atoms with van der Waals surface area (Å²) in [6.45, 7) is 4.30. The van der Waals surface area contributed by atoms with Crippen molar-refractivity contribution in [2.24, 2.45) is 0 Å². The third kappa shape index (κ3) is 2.97. The van der Waals surface area contributed by atoms with Gasteiger partial charge in [0.2, 0.25) is 11.9 Å². The van der Waals surface area contributed by atoms with Gasteiger partial charge in [0, 0.05) is 38.3 Å². The summed E-state index contributed by atoms with van der Waals surface area (Å²) in [5.74, 6) is 0.274. The number of halogens is 3. The van der Waals surface area contributed by atoms with Gasteiger partial charge in [-0.1, -0.05) is 0 Å². The molecule has 1 aromatic rings. The number of carbonyl (C=O) groups excluding carboxylic acids is 1. The van der Waals surface area contributed by atoms with E-state index >= 15 is 0 Å². The maximum Gasteiger partial charge on any atom is 0.433 e. The van der Waals surface area contributed by atoms with Crippen LogP contribution in [0.3, 0.4) is 0 Å². The van der Waals surface area contributed by atoms with Crippen molar-refractivity contribution < 1.29 is 18.0 Å². The van der Waals surface area contributed by atoms with Gasteiger partial charge in [-0.2, -0.15) is 18.2 Å². The first-order chi connectivity index (χ1) is 12.3. The third-order valence-corrected chi connectivity index (χ3v) is 5.57. The van der Waals surface area contributed by atoms with Crippen LogP contribution in [-0.4, -0.2) is 59.0 Å². The average molecular weight is 369 g/mol. The number of nitrogens with zero attached hydrogens (tertiary/aromatic N) is 5. The molecule has 3 fully saturated rings. The highest BCUT2D eigenvalue weighted by atomic mass is 19.4. The molecular weight excluding hydrogens is 347 g/mol. The zero-order valence-electron chi connectivity index (χ0n) is 14.7. The Morgan fingerprint density at radius 2 is 1.81 bits per heavy atom. The molecule has 3 aliphatic rings. The standard InChI is InChI=1S/C17H22F3N5O/c1-11-15(26)24-8-4-5-12(24)10-25(11)14-9-13(17(18,19)20)21-16(22-14)23-6-2-3-7-23/h9,11-12H,2-8,10H2,1H3. The van der Waals surface area contributed by atoms with Crippen LogP contribution < -0.4 is 9.80 Å². The van der Waals surface area contributed by atoms with Crippen molar-refractivity contribution in [3.63, 3.8) is 0 Å². The summed E-state index contributed by atoms with van der Waals surface area (Å²) < 4.78 is 40.2. The molecule has 0 radical (unpaired) electrons. The molecule has 0 saturated carbocycles. The highest BCUT2D eigenvalue weighted by Gasteiger charge is 2.42. The van der Waals surface area contributed by atoms with Crippen LogP contribution in [-0.2, 0) is 11.0 Å². The monoisotopic (exact) mass is 369 g/mol. The summed E-state index contributed by atoms with van der Waals surface area (Å²) in [6.07, 6.45) is -0.886. The average Bonchev–Trinajstić information content (AvgIpc) is 3.28. The topological polar surface area (TPSA) is 52.6 Å². The van der Waals surface area contributed by atoms with Gasteiger partial charge < -0.3 is 14.7 Å². The summed E-state index contributed by atoms with van der Waals surface area (Å²) >= 11 is 0. The number of aromatic nitrogens is 2. The van der Waals surface area contributed by atoms with Crippen LogP contribution in [0.4, 0.5) is 24.9 Å². The lowest BCUT2D eigenvalue weighted by atomic mass is 10.1. The molecule has 26 heavy (non-hydrogen) atoms. The van der Waals surface area contributed by atoms with E-state index in [-0.39, 0.29) is 23.7 Å². The van der Waals surface area contributed by atoms with Gasteiger partial charge in [-0.15, -0.1) is 0 Å². The molecule has 142 valence electrons. The molecule has 9 heteroatoms. The minimum absolute atomic E-state index is 0.0337. The molecule has 0 aliphatic carbocycles. The van der Waals surface area contributed by atoms with Crippen LogP contribution in [0.1, 0.15) is 38.3 Å². The first-order valence-electron chi connectivity index (χ1n) is 9.13. The first kappa shape index (κ1) is 17.4. The molecule has 2 atom stereocenters. The quantitative estimate of drug-likeness (QED) is 0.801. The Balaban J connectivity index is 1.72. The first-order valence-corrected chi connectivity index (χ1v) is 9.13. The second-order valence-electron chi connectivity index (χ2n) is 7.26. The number of hydrogen-bond acceptors (Lipinski definition) is 5. The fourth-order valence-corrected chi connectivity index (χ4v) is 4.14. The minimum Gasteiger partial charge on any atom is -0.343 e. The number of fused-ring (bicyclic) bond motifs is 1. The van der Waals surface area contributed by atoms with E-state index < -0.39 is 17.9 Å². The van der Waals surface area contributed by atoms with Crippen molar-refractivity contribution in [3.8, 4) is 0 Å². The normalized spacial score (nSPS) is 26.6. The van der Waals surface area contributed by atoms with Crippen LogP contribution in [0.5, 0.6) is 0 Å². The second-order valence-corrected chi connectivity index (χ2v) is 7.26. The summed E-state index contributed by atoms with van der Waals surface area (Å²) in [4.78, 5) is 26.2. The van der Waals surface area contributed by atoms with E-state index in [2.05, 4.69) is 9.97 Å². The van der Waals surface area contributed by atoms with Crippen LogP contribution in [0, 0.1) is 0 Å². The summed E-state index contributed by atoms with van der Waals surface area (Å²) in [6, 6.07) is 0.513. The van der Waals surface area contributed by atoms with E-state index in [4.69, 9.17) is 0 Å². The largest absolute Gasteiger partial charge is 0.433 e. The van der Waals surface area contributed by atoms with Gasteiger partial charge in [-0.25, -0.2) is 4.98 Å². The molecule has 4 heterocycles. The van der Waals surface area contributed by atoms with Crippen molar-refractivity contribution in [1.82, 2.24) is 14.9 Å². The van der Waals surface area contributed by atoms with E-state index in [0.717, 1.165) is 38.3 Å². The number of hydrogen-bond donors (Lipinski definition) is 0. The molecule has 0 aromatic carbocycles. The molecule has 3 aliphatic heterocycles. The van der Waals surface area contributed by atoms with E-state index in [1.165, 1.54) is 0 Å². The zero-order valence-corrected chi connectivity index (χ0v) is 14.7. The highest BCUT2D eigenvalue weighted by molar-refractivity contribution is 5.86. The molecule has 4 rings (SSSR count). The molecule has 6 nitrogen and oxygen atoms in total. The van der Waals surface area contributed by atoms with Gasteiger partial charge in [-0.05, 0) is 32.6 Å². The Kier molecular flexibility index (Phi) is 4.19. The van der Waals surface area contributed by atoms with Gasteiger partial charge in [0.05, 0.1) is 0 Å². The molecular formula is C17H22F3N5O. The molecule has 0 bridgehead atoms. The Bertz CT molecular complexity index is 704. The lowest BCUT2D eigenvalue weighted by molar-refractivity contribution is -0.141. The number of alkyl halides is 3. The SMILES string of the molecule is CC1C(=O)N2CCCC2CN1c1cc(C(F)(F)F)nc(N2CCCC2)n1. The predicted octanol–water partition coefficient (Wildman–Crippen LogP) is 2.30. The van der Waals surface area contributed by atoms with Gasteiger partial charge >= 0.3 is 6.18 Å². The smallest absolute Gasteiger partial charge is 0.343 e. The molecule has 0 spiro atoms. The predicted molar refractivity (Wildman–Crippen MR) is 90.0 cm³/mol. The highest BCUT2D eigenvalue weighted by Crippen LogP contribution is 2.34. The number of amides is 1. The number of carbonyl (C=O) groups is 1. The zero-order chi connectivity index (χ0) is 18.5. The fraction of sp³-hybridized carbons (Fsp3) is 0.706. The lowest BCUT2D eigenvalue weighted by Gasteiger charge is -2.42. The third-order valence-electron chi connectivity index (χ3n) is 5.57. The van der Waals surface area contributed by atoms with E-state index in [1.807, 2.05) is 4.90 Å².